The Morgan fingerprint density at radius 2 is 1.73 bits per heavy atom. The summed E-state index contributed by atoms with van der Waals surface area (Å²) in [7, 11) is 1.56. The zero-order valence-corrected chi connectivity index (χ0v) is 23.7. The van der Waals surface area contributed by atoms with Gasteiger partial charge in [-0.25, -0.2) is 0 Å². The minimum Gasteiger partial charge on any atom is -0.507 e. The normalized spacial score (nSPS) is 20.3. The van der Waals surface area contributed by atoms with Gasteiger partial charge in [-0.15, -0.1) is 0 Å². The predicted octanol–water partition coefficient (Wildman–Crippen LogP) is 3.79. The maximum Gasteiger partial charge on any atom is 0.295 e. The number of ketones is 1. The van der Waals surface area contributed by atoms with Gasteiger partial charge >= 0.3 is 0 Å². The second-order valence-corrected chi connectivity index (χ2v) is 10.3. The van der Waals surface area contributed by atoms with Gasteiger partial charge in [0.2, 0.25) is 0 Å². The zero-order chi connectivity index (χ0) is 28.8. The number of Topliss-reactive ketones (excluding diaryl/α,β-unsaturated/α-hetero) is 1. The van der Waals surface area contributed by atoms with Crippen LogP contribution in [0.15, 0.2) is 42.0 Å². The standard InChI is InChI=1S/C31H38N2O8/c1-3-4-14-39-23-8-6-21(19-25(23)37-2)28-27(29(34)22-7-9-24-26(20-22)41-18-17-40-24)30(35)31(36)33(28)11-5-10-32-12-15-38-16-13-32/h6-9,19-20,28,34H,3-5,10-18H2,1-2H3. The molecule has 1 N–H and O–H groups in total. The number of hydrogen-bond donors (Lipinski definition) is 1. The van der Waals surface area contributed by atoms with Crippen LogP contribution in [0, 0.1) is 0 Å². The Bertz CT molecular complexity index is 1290. The average molecular weight is 567 g/mol. The van der Waals surface area contributed by atoms with E-state index in [-0.39, 0.29) is 11.3 Å². The number of hydrogen-bond acceptors (Lipinski definition) is 9. The van der Waals surface area contributed by atoms with Gasteiger partial charge in [0.25, 0.3) is 11.7 Å². The van der Waals surface area contributed by atoms with E-state index in [9.17, 15) is 14.7 Å². The van der Waals surface area contributed by atoms with Gasteiger partial charge in [0.1, 0.15) is 19.0 Å². The van der Waals surface area contributed by atoms with Crippen LogP contribution in [0.2, 0.25) is 0 Å². The maximum atomic E-state index is 13.5. The van der Waals surface area contributed by atoms with Crippen LogP contribution in [-0.2, 0) is 14.3 Å². The average Bonchev–Trinajstić information content (AvgIpc) is 3.26. The summed E-state index contributed by atoms with van der Waals surface area (Å²) >= 11 is 0. The number of rotatable bonds is 11. The first kappa shape index (κ1) is 28.8. The quantitative estimate of drug-likeness (QED) is 0.188. The molecule has 0 aromatic heterocycles. The summed E-state index contributed by atoms with van der Waals surface area (Å²) < 4.78 is 28.3. The molecule has 0 saturated carbocycles. The number of carbonyl (C=O) groups excluding carboxylic acids is 2. The molecule has 1 unspecified atom stereocenters. The van der Waals surface area contributed by atoms with Crippen molar-refractivity contribution in [1.82, 2.24) is 9.80 Å². The minimum absolute atomic E-state index is 0.0276. The van der Waals surface area contributed by atoms with Crippen molar-refractivity contribution in [3.05, 3.63) is 53.1 Å². The molecule has 3 aliphatic rings. The lowest BCUT2D eigenvalue weighted by Crippen LogP contribution is -2.39. The van der Waals surface area contributed by atoms with Crippen molar-refractivity contribution in [2.75, 3.05) is 66.3 Å². The number of aliphatic hydroxyl groups is 1. The van der Waals surface area contributed by atoms with E-state index in [0.717, 1.165) is 32.5 Å². The van der Waals surface area contributed by atoms with E-state index in [1.165, 1.54) is 0 Å². The molecule has 1 amide bonds. The molecule has 41 heavy (non-hydrogen) atoms. The number of unbranched alkanes of at least 4 members (excludes halogenated alkanes) is 1. The molecular weight excluding hydrogens is 528 g/mol. The molecule has 0 spiro atoms. The lowest BCUT2D eigenvalue weighted by molar-refractivity contribution is -0.140. The molecule has 5 rings (SSSR count). The monoisotopic (exact) mass is 566 g/mol. The molecule has 3 heterocycles. The fourth-order valence-electron chi connectivity index (χ4n) is 5.39. The van der Waals surface area contributed by atoms with E-state index in [2.05, 4.69) is 11.8 Å². The number of methoxy groups -OCH3 is 1. The number of carbonyl (C=O) groups is 2. The largest absolute Gasteiger partial charge is 0.507 e. The summed E-state index contributed by atoms with van der Waals surface area (Å²) in [5, 5.41) is 11.5. The fourth-order valence-corrected chi connectivity index (χ4v) is 5.39. The van der Waals surface area contributed by atoms with Crippen molar-refractivity contribution in [2.45, 2.75) is 32.2 Å². The highest BCUT2D eigenvalue weighted by Gasteiger charge is 2.46. The number of nitrogens with zero attached hydrogens (tertiary/aromatic N) is 2. The molecule has 0 bridgehead atoms. The third-order valence-corrected chi connectivity index (χ3v) is 7.59. The molecule has 10 heteroatoms. The van der Waals surface area contributed by atoms with Crippen LogP contribution in [0.25, 0.3) is 5.76 Å². The summed E-state index contributed by atoms with van der Waals surface area (Å²) in [4.78, 5) is 30.8. The van der Waals surface area contributed by atoms with Crippen LogP contribution < -0.4 is 18.9 Å². The van der Waals surface area contributed by atoms with Crippen LogP contribution in [0.1, 0.15) is 43.4 Å². The van der Waals surface area contributed by atoms with E-state index in [1.807, 2.05) is 6.07 Å². The second kappa shape index (κ2) is 13.3. The Balaban J connectivity index is 1.50. The Labute approximate surface area is 240 Å². The van der Waals surface area contributed by atoms with Crippen molar-refractivity contribution in [3.8, 4) is 23.0 Å². The molecule has 2 fully saturated rings. The molecule has 220 valence electrons. The lowest BCUT2D eigenvalue weighted by atomic mass is 9.94. The van der Waals surface area contributed by atoms with E-state index in [1.54, 1.807) is 42.3 Å². The Hall–Kier alpha value is -3.76. The number of amides is 1. The summed E-state index contributed by atoms with van der Waals surface area (Å²) in [5.74, 6) is 0.498. The minimum atomic E-state index is -0.800. The van der Waals surface area contributed by atoms with Gasteiger partial charge in [-0.3, -0.25) is 14.5 Å². The van der Waals surface area contributed by atoms with Crippen molar-refractivity contribution in [1.29, 1.82) is 0 Å². The number of fused-ring (bicyclic) bond motifs is 1. The number of aliphatic hydroxyl groups excluding tert-OH is 1. The van der Waals surface area contributed by atoms with E-state index in [0.29, 0.717) is 80.1 Å². The van der Waals surface area contributed by atoms with Crippen LogP contribution in [0.3, 0.4) is 0 Å². The van der Waals surface area contributed by atoms with Gasteiger partial charge in [-0.1, -0.05) is 19.4 Å². The molecule has 2 saturated heterocycles. The Morgan fingerprint density at radius 1 is 0.951 bits per heavy atom. The maximum absolute atomic E-state index is 13.5. The van der Waals surface area contributed by atoms with Crippen molar-refractivity contribution < 1.29 is 38.4 Å². The summed E-state index contributed by atoms with van der Waals surface area (Å²) in [6, 6.07) is 9.60. The molecule has 2 aromatic rings. The smallest absolute Gasteiger partial charge is 0.295 e. The highest BCUT2D eigenvalue weighted by atomic mass is 16.6. The van der Waals surface area contributed by atoms with Gasteiger partial charge < -0.3 is 33.7 Å². The Kier molecular flexibility index (Phi) is 9.31. The number of ether oxygens (including phenoxy) is 5. The third-order valence-electron chi connectivity index (χ3n) is 7.59. The fraction of sp³-hybridized carbons (Fsp3) is 0.484. The van der Waals surface area contributed by atoms with Crippen molar-refractivity contribution in [2.24, 2.45) is 0 Å². The summed E-state index contributed by atoms with van der Waals surface area (Å²) in [6.45, 7) is 7.64. The number of likely N-dealkylation sites (tertiary alicyclic amines) is 1. The van der Waals surface area contributed by atoms with Crippen molar-refractivity contribution >= 4 is 17.4 Å². The molecule has 0 radical (unpaired) electrons. The van der Waals surface area contributed by atoms with Crippen molar-refractivity contribution in [3.63, 3.8) is 0 Å². The zero-order valence-electron chi connectivity index (χ0n) is 23.7. The first-order valence-corrected chi connectivity index (χ1v) is 14.3. The Morgan fingerprint density at radius 3 is 2.49 bits per heavy atom. The van der Waals surface area contributed by atoms with Gasteiger partial charge in [0.05, 0.1) is 38.5 Å². The van der Waals surface area contributed by atoms with E-state index < -0.39 is 17.7 Å². The highest BCUT2D eigenvalue weighted by molar-refractivity contribution is 6.46. The SMILES string of the molecule is CCCCOc1ccc(C2C(=C(O)c3ccc4c(c3)OCCO4)C(=O)C(=O)N2CCCN2CCOCC2)cc1OC. The van der Waals surface area contributed by atoms with Gasteiger partial charge in [-0.05, 0) is 48.7 Å². The van der Waals surface area contributed by atoms with Crippen LogP contribution in [-0.4, -0.2) is 92.9 Å². The molecule has 3 aliphatic heterocycles. The molecule has 10 nitrogen and oxygen atoms in total. The lowest BCUT2D eigenvalue weighted by Gasteiger charge is -2.29. The predicted molar refractivity (Wildman–Crippen MR) is 152 cm³/mol. The molecule has 2 aromatic carbocycles. The first-order chi connectivity index (χ1) is 20.0. The second-order valence-electron chi connectivity index (χ2n) is 10.3. The van der Waals surface area contributed by atoms with Crippen LogP contribution in [0.4, 0.5) is 0 Å². The van der Waals surface area contributed by atoms with Crippen LogP contribution in [0.5, 0.6) is 23.0 Å². The number of benzene rings is 2. The number of morpholine rings is 1. The molecular formula is C31H38N2O8. The van der Waals surface area contributed by atoms with Gasteiger partial charge in [0.15, 0.2) is 23.0 Å². The highest BCUT2D eigenvalue weighted by Crippen LogP contribution is 2.43. The topological polar surface area (TPSA) is 107 Å². The van der Waals surface area contributed by atoms with E-state index in [4.69, 9.17) is 23.7 Å². The summed E-state index contributed by atoms with van der Waals surface area (Å²) in [5.41, 5.74) is 1.05. The summed E-state index contributed by atoms with van der Waals surface area (Å²) in [6.07, 6.45) is 2.58. The first-order valence-electron chi connectivity index (χ1n) is 14.3. The molecule has 0 aliphatic carbocycles. The van der Waals surface area contributed by atoms with E-state index >= 15 is 0 Å². The van der Waals surface area contributed by atoms with Gasteiger partial charge in [0, 0.05) is 31.7 Å². The van der Waals surface area contributed by atoms with Crippen LogP contribution >= 0.6 is 0 Å². The molecule has 1 atom stereocenters. The van der Waals surface area contributed by atoms with Gasteiger partial charge in [-0.2, -0.15) is 0 Å². The third kappa shape index (κ3) is 6.28.